The molecule has 8 nitrogen and oxygen atoms in total. The average molecular weight is 401 g/mol. The van der Waals surface area contributed by atoms with Gasteiger partial charge in [0, 0.05) is 11.5 Å². The lowest BCUT2D eigenvalue weighted by molar-refractivity contribution is -0.385. The number of ketones is 1. The van der Waals surface area contributed by atoms with E-state index < -0.39 is 28.1 Å². The van der Waals surface area contributed by atoms with Gasteiger partial charge in [0.1, 0.15) is 5.56 Å². The molecule has 6 rings (SSSR count). The van der Waals surface area contributed by atoms with Crippen molar-refractivity contribution in [2.45, 2.75) is 51.6 Å². The summed E-state index contributed by atoms with van der Waals surface area (Å²) in [7, 11) is 0. The minimum absolute atomic E-state index is 0.0339. The molecule has 0 radical (unpaired) electrons. The molecule has 0 amide bonds. The van der Waals surface area contributed by atoms with Gasteiger partial charge in [-0.3, -0.25) is 14.9 Å². The number of hydrogen-bond acceptors (Lipinski definition) is 7. The molecule has 0 unspecified atom stereocenters. The fourth-order valence-electron chi connectivity index (χ4n) is 6.37. The monoisotopic (exact) mass is 401 g/mol. The molecule has 1 aromatic rings. The fourth-order valence-corrected chi connectivity index (χ4v) is 6.37. The van der Waals surface area contributed by atoms with Crippen molar-refractivity contribution < 1.29 is 28.7 Å². The van der Waals surface area contributed by atoms with Crippen LogP contribution in [0.15, 0.2) is 12.1 Å². The molecule has 4 saturated carbocycles. The Morgan fingerprint density at radius 2 is 1.66 bits per heavy atom. The van der Waals surface area contributed by atoms with Gasteiger partial charge in [-0.1, -0.05) is 0 Å². The Labute approximate surface area is 167 Å². The maximum Gasteiger partial charge on any atom is 0.346 e. The Morgan fingerprint density at radius 3 is 2.21 bits per heavy atom. The van der Waals surface area contributed by atoms with Gasteiger partial charge in [0.25, 0.3) is 5.69 Å². The lowest BCUT2D eigenvalue weighted by Gasteiger charge is -2.56. The van der Waals surface area contributed by atoms with E-state index in [0.29, 0.717) is 17.8 Å². The number of carbonyl (C=O) groups excluding carboxylic acids is 2. The summed E-state index contributed by atoms with van der Waals surface area (Å²) in [5.74, 6) is 1.34. The first-order valence-electron chi connectivity index (χ1n) is 10.2. The number of rotatable bonds is 5. The molecule has 1 atom stereocenters. The third kappa shape index (κ3) is 2.96. The van der Waals surface area contributed by atoms with Crippen molar-refractivity contribution in [2.75, 3.05) is 6.79 Å². The van der Waals surface area contributed by atoms with Crippen LogP contribution in [0.3, 0.4) is 0 Å². The Morgan fingerprint density at radius 1 is 1.10 bits per heavy atom. The first-order valence-corrected chi connectivity index (χ1v) is 10.2. The van der Waals surface area contributed by atoms with E-state index in [9.17, 15) is 19.7 Å². The summed E-state index contributed by atoms with van der Waals surface area (Å²) in [6, 6.07) is 2.41. The van der Waals surface area contributed by atoms with Crippen LogP contribution in [0, 0.1) is 33.3 Å². The van der Waals surface area contributed by atoms with Crippen molar-refractivity contribution in [3.8, 4) is 11.5 Å². The van der Waals surface area contributed by atoms with Crippen molar-refractivity contribution in [1.29, 1.82) is 0 Å². The number of nitro benzene ring substituents is 1. The lowest BCUT2D eigenvalue weighted by atomic mass is 9.48. The number of nitro groups is 1. The summed E-state index contributed by atoms with van der Waals surface area (Å²) >= 11 is 0. The predicted molar refractivity (Wildman–Crippen MR) is 99.7 cm³/mol. The zero-order valence-electron chi connectivity index (χ0n) is 16.2. The standard InChI is InChI=1S/C21H23NO7/c1-11(19(23)21-7-12-2-13(8-21)4-14(3-12)9-21)29-20(24)15-5-17-18(28-10-27-17)6-16(15)22(25)26/h5-6,11-14H,2-4,7-10H2,1H3/t11-,12?,13?,14?,21?/m0/s1. The van der Waals surface area contributed by atoms with Crippen LogP contribution in [0.1, 0.15) is 55.8 Å². The highest BCUT2D eigenvalue weighted by Gasteiger charge is 2.55. The molecule has 8 heteroatoms. The van der Waals surface area contributed by atoms with Crippen LogP contribution in [-0.4, -0.2) is 29.6 Å². The van der Waals surface area contributed by atoms with Gasteiger partial charge in [0.2, 0.25) is 6.79 Å². The fraction of sp³-hybridized carbons (Fsp3) is 0.619. The van der Waals surface area contributed by atoms with Gasteiger partial charge in [-0.25, -0.2) is 4.79 Å². The highest BCUT2D eigenvalue weighted by atomic mass is 16.7. The highest BCUT2D eigenvalue weighted by molar-refractivity contribution is 5.98. The second kappa shape index (κ2) is 6.43. The molecule has 1 heterocycles. The van der Waals surface area contributed by atoms with Crippen LogP contribution in [0.2, 0.25) is 0 Å². The highest BCUT2D eigenvalue weighted by Crippen LogP contribution is 2.60. The quantitative estimate of drug-likeness (QED) is 0.421. The largest absolute Gasteiger partial charge is 0.454 e. The van der Waals surface area contributed by atoms with Crippen LogP contribution in [0.25, 0.3) is 0 Å². The van der Waals surface area contributed by atoms with E-state index in [-0.39, 0.29) is 29.6 Å². The van der Waals surface area contributed by atoms with E-state index in [0.717, 1.165) is 25.3 Å². The van der Waals surface area contributed by atoms with E-state index in [1.807, 2.05) is 0 Å². The number of esters is 1. The molecule has 0 spiro atoms. The first kappa shape index (κ1) is 18.4. The van der Waals surface area contributed by atoms with Gasteiger partial charge >= 0.3 is 5.97 Å². The van der Waals surface area contributed by atoms with Crippen LogP contribution in [0.5, 0.6) is 11.5 Å². The summed E-state index contributed by atoms with van der Waals surface area (Å²) in [4.78, 5) is 36.8. The Bertz CT molecular complexity index is 873. The molecule has 154 valence electrons. The summed E-state index contributed by atoms with van der Waals surface area (Å²) in [5, 5.41) is 11.4. The molecule has 5 aliphatic rings. The molecular weight excluding hydrogens is 378 g/mol. The van der Waals surface area contributed by atoms with Crippen molar-refractivity contribution in [3.05, 3.63) is 27.8 Å². The number of Topliss-reactive ketones (excluding diaryl/α,β-unsaturated/α-hetero) is 1. The smallest absolute Gasteiger partial charge is 0.346 e. The number of fused-ring (bicyclic) bond motifs is 1. The topological polar surface area (TPSA) is 105 Å². The molecular formula is C21H23NO7. The van der Waals surface area contributed by atoms with Crippen LogP contribution in [0.4, 0.5) is 5.69 Å². The van der Waals surface area contributed by atoms with Crippen LogP contribution < -0.4 is 9.47 Å². The van der Waals surface area contributed by atoms with Gasteiger partial charge in [-0.05, 0) is 63.2 Å². The van der Waals surface area contributed by atoms with E-state index in [1.165, 1.54) is 25.3 Å². The SMILES string of the molecule is C[C@H](OC(=O)c1cc2c(cc1[N+](=O)[O-])OCO2)C(=O)C12CC3CC(CC(C3)C1)C2. The second-order valence-electron chi connectivity index (χ2n) is 9.09. The Balaban J connectivity index is 1.36. The van der Waals surface area contributed by atoms with Crippen LogP contribution in [-0.2, 0) is 9.53 Å². The van der Waals surface area contributed by atoms with Crippen molar-refractivity contribution >= 4 is 17.4 Å². The molecule has 4 aliphatic carbocycles. The summed E-state index contributed by atoms with van der Waals surface area (Å²) in [5.41, 5.74) is -1.05. The maximum atomic E-state index is 13.3. The average Bonchev–Trinajstić information content (AvgIpc) is 3.12. The number of ether oxygens (including phenoxy) is 3. The number of nitrogens with zero attached hydrogens (tertiary/aromatic N) is 1. The summed E-state index contributed by atoms with van der Waals surface area (Å²) in [6.45, 7) is 1.52. The summed E-state index contributed by atoms with van der Waals surface area (Å²) < 4.78 is 15.8. The van der Waals surface area contributed by atoms with Gasteiger partial charge in [-0.15, -0.1) is 0 Å². The lowest BCUT2D eigenvalue weighted by Crippen LogP contribution is -2.52. The zero-order chi connectivity index (χ0) is 20.3. The van der Waals surface area contributed by atoms with E-state index >= 15 is 0 Å². The minimum Gasteiger partial charge on any atom is -0.454 e. The third-order valence-corrected chi connectivity index (χ3v) is 7.12. The van der Waals surface area contributed by atoms with Gasteiger partial charge < -0.3 is 14.2 Å². The van der Waals surface area contributed by atoms with Crippen molar-refractivity contribution in [3.63, 3.8) is 0 Å². The van der Waals surface area contributed by atoms with Crippen molar-refractivity contribution in [2.24, 2.45) is 23.2 Å². The Hall–Kier alpha value is -2.64. The summed E-state index contributed by atoms with van der Waals surface area (Å²) in [6.07, 6.45) is 5.33. The first-order chi connectivity index (χ1) is 13.8. The number of hydrogen-bond donors (Lipinski definition) is 0. The minimum atomic E-state index is -0.941. The van der Waals surface area contributed by atoms with Gasteiger partial charge in [0.15, 0.2) is 23.4 Å². The molecule has 29 heavy (non-hydrogen) atoms. The third-order valence-electron chi connectivity index (χ3n) is 7.12. The van der Waals surface area contributed by atoms with Crippen molar-refractivity contribution in [1.82, 2.24) is 0 Å². The molecule has 0 saturated heterocycles. The molecule has 0 aromatic heterocycles. The van der Waals surface area contributed by atoms with E-state index in [4.69, 9.17) is 14.2 Å². The zero-order valence-corrected chi connectivity index (χ0v) is 16.2. The second-order valence-corrected chi connectivity index (χ2v) is 9.09. The predicted octanol–water partition coefficient (Wildman–Crippen LogP) is 3.65. The van der Waals surface area contributed by atoms with Crippen LogP contribution >= 0.6 is 0 Å². The maximum absolute atomic E-state index is 13.3. The molecule has 1 aromatic carbocycles. The molecule has 0 N–H and O–H groups in total. The van der Waals surface area contributed by atoms with Gasteiger partial charge in [0.05, 0.1) is 11.0 Å². The number of benzene rings is 1. The molecule has 1 aliphatic heterocycles. The molecule has 4 bridgehead atoms. The molecule has 4 fully saturated rings. The normalized spacial score (nSPS) is 32.1. The number of carbonyl (C=O) groups is 2. The van der Waals surface area contributed by atoms with Gasteiger partial charge in [-0.2, -0.15) is 0 Å². The van der Waals surface area contributed by atoms with E-state index in [2.05, 4.69) is 0 Å². The Kier molecular flexibility index (Phi) is 4.08. The van der Waals surface area contributed by atoms with E-state index in [1.54, 1.807) is 6.92 Å².